The third kappa shape index (κ3) is 5.14. The molecule has 1 aromatic carbocycles. The van der Waals surface area contributed by atoms with E-state index in [0.717, 1.165) is 43.5 Å². The molecule has 0 aliphatic rings. The van der Waals surface area contributed by atoms with Gasteiger partial charge in [0, 0.05) is 25.4 Å². The average Bonchev–Trinajstić information content (AvgIpc) is 2.31. The molecule has 0 aliphatic heterocycles. The molecule has 3 nitrogen and oxygen atoms in total. The van der Waals surface area contributed by atoms with E-state index in [4.69, 9.17) is 10.2 Å². The summed E-state index contributed by atoms with van der Waals surface area (Å²) in [5.41, 5.74) is 2.28. The smallest absolute Gasteiger partial charge is 0.0471 e. The predicted octanol–water partition coefficient (Wildman–Crippen LogP) is 1.80. The first kappa shape index (κ1) is 13.0. The van der Waals surface area contributed by atoms with Gasteiger partial charge >= 0.3 is 0 Å². The minimum absolute atomic E-state index is 0.202. The lowest BCUT2D eigenvalue weighted by Gasteiger charge is -2.06. The molecule has 1 aromatic rings. The summed E-state index contributed by atoms with van der Waals surface area (Å²) in [6.07, 6.45) is 3.75. The maximum Gasteiger partial charge on any atom is 0.0471 e. The molecule has 0 fully saturated rings. The average molecular weight is 223 g/mol. The van der Waals surface area contributed by atoms with Gasteiger partial charge < -0.3 is 15.5 Å². The molecule has 0 heterocycles. The molecule has 0 amide bonds. The maximum atomic E-state index is 8.78. The SMILES string of the molecule is OCCCCCNc1ccc(CCO)cc1. The Kier molecular flexibility index (Phi) is 6.61. The van der Waals surface area contributed by atoms with Gasteiger partial charge in [-0.15, -0.1) is 0 Å². The summed E-state index contributed by atoms with van der Waals surface area (Å²) in [5, 5.41) is 20.7. The van der Waals surface area contributed by atoms with E-state index in [-0.39, 0.29) is 13.2 Å². The van der Waals surface area contributed by atoms with Gasteiger partial charge in [0.2, 0.25) is 0 Å². The van der Waals surface area contributed by atoms with Crippen molar-refractivity contribution in [2.45, 2.75) is 25.7 Å². The van der Waals surface area contributed by atoms with Crippen molar-refractivity contribution in [3.63, 3.8) is 0 Å². The van der Waals surface area contributed by atoms with E-state index in [2.05, 4.69) is 5.32 Å². The fourth-order valence-corrected chi connectivity index (χ4v) is 1.56. The van der Waals surface area contributed by atoms with E-state index in [1.54, 1.807) is 0 Å². The highest BCUT2D eigenvalue weighted by Gasteiger charge is 1.94. The molecule has 16 heavy (non-hydrogen) atoms. The van der Waals surface area contributed by atoms with Crippen molar-refractivity contribution in [2.24, 2.45) is 0 Å². The van der Waals surface area contributed by atoms with E-state index in [9.17, 15) is 0 Å². The van der Waals surface area contributed by atoms with Crippen LogP contribution in [0, 0.1) is 0 Å². The Bertz CT molecular complexity index is 272. The third-order valence-electron chi connectivity index (χ3n) is 2.52. The molecule has 1 rings (SSSR count). The van der Waals surface area contributed by atoms with Crippen molar-refractivity contribution in [1.29, 1.82) is 0 Å². The first-order valence-electron chi connectivity index (χ1n) is 5.91. The van der Waals surface area contributed by atoms with Gasteiger partial charge in [0.25, 0.3) is 0 Å². The first-order chi connectivity index (χ1) is 7.86. The van der Waals surface area contributed by atoms with Crippen LogP contribution in [0.25, 0.3) is 0 Å². The predicted molar refractivity (Wildman–Crippen MR) is 66.7 cm³/mol. The summed E-state index contributed by atoms with van der Waals surface area (Å²) in [6.45, 7) is 1.43. The Morgan fingerprint density at radius 3 is 2.25 bits per heavy atom. The van der Waals surface area contributed by atoms with Crippen LogP contribution in [0.5, 0.6) is 0 Å². The van der Waals surface area contributed by atoms with Crippen molar-refractivity contribution in [2.75, 3.05) is 25.1 Å². The summed E-state index contributed by atoms with van der Waals surface area (Å²) < 4.78 is 0. The minimum Gasteiger partial charge on any atom is -0.396 e. The van der Waals surface area contributed by atoms with Gasteiger partial charge in [0.15, 0.2) is 0 Å². The minimum atomic E-state index is 0.202. The lowest BCUT2D eigenvalue weighted by Crippen LogP contribution is -2.02. The molecule has 3 N–H and O–H groups in total. The van der Waals surface area contributed by atoms with E-state index in [1.165, 1.54) is 0 Å². The normalized spacial score (nSPS) is 10.4. The van der Waals surface area contributed by atoms with Gasteiger partial charge in [-0.25, -0.2) is 0 Å². The van der Waals surface area contributed by atoms with Crippen molar-refractivity contribution < 1.29 is 10.2 Å². The van der Waals surface area contributed by atoms with Crippen molar-refractivity contribution in [3.05, 3.63) is 29.8 Å². The fraction of sp³-hybridized carbons (Fsp3) is 0.538. The van der Waals surface area contributed by atoms with Crippen LogP contribution in [-0.2, 0) is 6.42 Å². The quantitative estimate of drug-likeness (QED) is 0.589. The zero-order chi connectivity index (χ0) is 11.6. The molecule has 90 valence electrons. The third-order valence-corrected chi connectivity index (χ3v) is 2.52. The highest BCUT2D eigenvalue weighted by molar-refractivity contribution is 5.44. The largest absolute Gasteiger partial charge is 0.396 e. The van der Waals surface area contributed by atoms with Crippen LogP contribution in [0.15, 0.2) is 24.3 Å². The number of hydrogen-bond donors (Lipinski definition) is 3. The number of benzene rings is 1. The zero-order valence-corrected chi connectivity index (χ0v) is 9.65. The molecular weight excluding hydrogens is 202 g/mol. The Morgan fingerprint density at radius 1 is 0.875 bits per heavy atom. The number of aliphatic hydroxyl groups excluding tert-OH is 2. The van der Waals surface area contributed by atoms with Crippen LogP contribution in [0.2, 0.25) is 0 Å². The second-order valence-electron chi connectivity index (χ2n) is 3.88. The Labute approximate surface area is 97.1 Å². The molecule has 0 atom stereocenters. The highest BCUT2D eigenvalue weighted by atomic mass is 16.3. The number of nitrogens with one attached hydrogen (secondary N) is 1. The van der Waals surface area contributed by atoms with Gasteiger partial charge in [-0.1, -0.05) is 12.1 Å². The lowest BCUT2D eigenvalue weighted by molar-refractivity contribution is 0.283. The Balaban J connectivity index is 2.21. The second-order valence-corrected chi connectivity index (χ2v) is 3.88. The molecular formula is C13H21NO2. The van der Waals surface area contributed by atoms with Crippen LogP contribution in [0.4, 0.5) is 5.69 Å². The van der Waals surface area contributed by atoms with Gasteiger partial charge in [-0.2, -0.15) is 0 Å². The Hall–Kier alpha value is -1.06. The first-order valence-corrected chi connectivity index (χ1v) is 5.91. The van der Waals surface area contributed by atoms with Crippen molar-refractivity contribution >= 4 is 5.69 Å². The van der Waals surface area contributed by atoms with Gasteiger partial charge in [-0.05, 0) is 43.4 Å². The number of unbranched alkanes of at least 4 members (excludes halogenated alkanes) is 2. The summed E-state index contributed by atoms with van der Waals surface area (Å²) in [5.74, 6) is 0. The molecule has 0 radical (unpaired) electrons. The standard InChI is InChI=1S/C13H21NO2/c15-10-3-1-2-9-14-13-6-4-12(5-7-13)8-11-16/h4-7,14-16H,1-3,8-11H2. The number of hydrogen-bond acceptors (Lipinski definition) is 3. The summed E-state index contributed by atoms with van der Waals surface area (Å²) in [7, 11) is 0. The summed E-state index contributed by atoms with van der Waals surface area (Å²) in [6, 6.07) is 8.15. The van der Waals surface area contributed by atoms with Crippen molar-refractivity contribution in [1.82, 2.24) is 0 Å². The molecule has 3 heteroatoms. The van der Waals surface area contributed by atoms with E-state index >= 15 is 0 Å². The second kappa shape index (κ2) is 8.13. The number of anilines is 1. The van der Waals surface area contributed by atoms with Crippen LogP contribution < -0.4 is 5.32 Å². The van der Waals surface area contributed by atoms with Gasteiger partial charge in [0.05, 0.1) is 0 Å². The van der Waals surface area contributed by atoms with Crippen LogP contribution in [0.1, 0.15) is 24.8 Å². The topological polar surface area (TPSA) is 52.5 Å². The number of aliphatic hydroxyl groups is 2. The van der Waals surface area contributed by atoms with Crippen LogP contribution in [-0.4, -0.2) is 30.0 Å². The lowest BCUT2D eigenvalue weighted by atomic mass is 10.1. The molecule has 0 unspecified atom stereocenters. The monoisotopic (exact) mass is 223 g/mol. The molecule has 0 spiro atoms. The van der Waals surface area contributed by atoms with Crippen LogP contribution >= 0.6 is 0 Å². The Morgan fingerprint density at radius 2 is 1.62 bits per heavy atom. The molecule has 0 bridgehead atoms. The highest BCUT2D eigenvalue weighted by Crippen LogP contribution is 2.10. The van der Waals surface area contributed by atoms with E-state index < -0.39 is 0 Å². The van der Waals surface area contributed by atoms with Crippen molar-refractivity contribution in [3.8, 4) is 0 Å². The fourth-order valence-electron chi connectivity index (χ4n) is 1.56. The molecule has 0 aromatic heterocycles. The zero-order valence-electron chi connectivity index (χ0n) is 9.65. The van der Waals surface area contributed by atoms with E-state index in [0.29, 0.717) is 0 Å². The summed E-state index contributed by atoms with van der Waals surface area (Å²) >= 11 is 0. The molecule has 0 aliphatic carbocycles. The van der Waals surface area contributed by atoms with Gasteiger partial charge in [-0.3, -0.25) is 0 Å². The molecule has 0 saturated carbocycles. The van der Waals surface area contributed by atoms with E-state index in [1.807, 2.05) is 24.3 Å². The summed E-state index contributed by atoms with van der Waals surface area (Å²) in [4.78, 5) is 0. The van der Waals surface area contributed by atoms with Crippen LogP contribution in [0.3, 0.4) is 0 Å². The maximum absolute atomic E-state index is 8.78. The molecule has 0 saturated heterocycles. The number of rotatable bonds is 8. The van der Waals surface area contributed by atoms with Gasteiger partial charge in [0.1, 0.15) is 0 Å².